The van der Waals surface area contributed by atoms with E-state index in [9.17, 15) is 4.79 Å². The lowest BCUT2D eigenvalue weighted by Crippen LogP contribution is -2.13. The number of nitrogens with one attached hydrogen (secondary N) is 2. The summed E-state index contributed by atoms with van der Waals surface area (Å²) in [6.07, 6.45) is 5.60. The van der Waals surface area contributed by atoms with Crippen LogP contribution in [-0.4, -0.2) is 30.6 Å². The van der Waals surface area contributed by atoms with Crippen LogP contribution in [0.3, 0.4) is 0 Å². The van der Waals surface area contributed by atoms with Gasteiger partial charge in [0.1, 0.15) is 23.6 Å². The number of nitrogens with zero attached hydrogens (tertiary/aromatic N) is 4. The molecule has 0 aliphatic rings. The van der Waals surface area contributed by atoms with Crippen LogP contribution in [0.4, 0.5) is 5.69 Å². The van der Waals surface area contributed by atoms with Gasteiger partial charge in [0.15, 0.2) is 0 Å². The van der Waals surface area contributed by atoms with E-state index < -0.39 is 0 Å². The average Bonchev–Trinajstić information content (AvgIpc) is 3.64. The molecule has 176 valence electrons. The molecule has 0 saturated heterocycles. The van der Waals surface area contributed by atoms with Crippen molar-refractivity contribution >= 4 is 22.5 Å². The lowest BCUT2D eigenvalue weighted by atomic mass is 10.1. The molecule has 0 unspecified atom stereocenters. The standard InChI is InChI=1S/C28H22N6O2/c1-18-16-34(17-30-18)28-23-15-25(32-24(23)11-12-29-28)20-7-9-21(10-8-20)31-27(35)14-22-13-26(33-36-22)19-5-3-2-4-6-19/h2-13,15-17,32H,14H2,1H3,(H,31,35). The zero-order chi connectivity index (χ0) is 24.5. The van der Waals surface area contributed by atoms with Gasteiger partial charge in [-0.15, -0.1) is 0 Å². The monoisotopic (exact) mass is 474 g/mol. The van der Waals surface area contributed by atoms with E-state index in [4.69, 9.17) is 4.52 Å². The molecule has 0 aliphatic carbocycles. The predicted octanol–water partition coefficient (Wildman–Crippen LogP) is 5.56. The molecule has 0 fully saturated rings. The lowest BCUT2D eigenvalue weighted by molar-refractivity contribution is -0.115. The highest BCUT2D eigenvalue weighted by atomic mass is 16.5. The van der Waals surface area contributed by atoms with Crippen LogP contribution in [0.15, 0.2) is 96.0 Å². The minimum absolute atomic E-state index is 0.104. The molecule has 0 saturated carbocycles. The number of carbonyl (C=O) groups is 1. The highest BCUT2D eigenvalue weighted by Gasteiger charge is 2.13. The second-order valence-corrected chi connectivity index (χ2v) is 8.55. The Labute approximate surface area is 206 Å². The van der Waals surface area contributed by atoms with Gasteiger partial charge in [-0.3, -0.25) is 9.36 Å². The van der Waals surface area contributed by atoms with E-state index in [1.54, 1.807) is 18.6 Å². The van der Waals surface area contributed by atoms with Crippen LogP contribution >= 0.6 is 0 Å². The molecule has 0 radical (unpaired) electrons. The maximum absolute atomic E-state index is 12.6. The summed E-state index contributed by atoms with van der Waals surface area (Å²) in [7, 11) is 0. The topological polar surface area (TPSA) is 102 Å². The molecule has 0 bridgehead atoms. The summed E-state index contributed by atoms with van der Waals surface area (Å²) in [6.45, 7) is 1.95. The Morgan fingerprint density at radius 1 is 1.00 bits per heavy atom. The first-order valence-electron chi connectivity index (χ1n) is 11.5. The average molecular weight is 475 g/mol. The number of aromatic amines is 1. The van der Waals surface area contributed by atoms with E-state index in [-0.39, 0.29) is 12.3 Å². The summed E-state index contributed by atoms with van der Waals surface area (Å²) in [4.78, 5) is 24.9. The van der Waals surface area contributed by atoms with Crippen molar-refractivity contribution in [3.63, 3.8) is 0 Å². The van der Waals surface area contributed by atoms with Gasteiger partial charge >= 0.3 is 0 Å². The molecule has 0 spiro atoms. The van der Waals surface area contributed by atoms with Gasteiger partial charge in [0, 0.05) is 40.8 Å². The number of pyridine rings is 1. The Bertz CT molecular complexity index is 1660. The second kappa shape index (κ2) is 8.99. The van der Waals surface area contributed by atoms with E-state index in [1.165, 1.54) is 0 Å². The smallest absolute Gasteiger partial charge is 0.232 e. The zero-order valence-electron chi connectivity index (χ0n) is 19.5. The molecule has 0 aliphatic heterocycles. The number of anilines is 1. The van der Waals surface area contributed by atoms with E-state index in [0.717, 1.165) is 39.2 Å². The molecule has 4 heterocycles. The number of hydrogen-bond donors (Lipinski definition) is 2. The van der Waals surface area contributed by atoms with Gasteiger partial charge < -0.3 is 14.8 Å². The Morgan fingerprint density at radius 3 is 2.61 bits per heavy atom. The molecule has 8 heteroatoms. The Kier molecular flexibility index (Phi) is 5.38. The Balaban J connectivity index is 1.16. The van der Waals surface area contributed by atoms with E-state index in [2.05, 4.69) is 31.5 Å². The minimum atomic E-state index is -0.171. The van der Waals surface area contributed by atoms with Crippen LogP contribution < -0.4 is 5.32 Å². The first kappa shape index (κ1) is 21.5. The van der Waals surface area contributed by atoms with Crippen LogP contribution in [0.1, 0.15) is 11.5 Å². The molecular formula is C28H22N6O2. The van der Waals surface area contributed by atoms with Crippen LogP contribution in [0.2, 0.25) is 0 Å². The van der Waals surface area contributed by atoms with Crippen molar-refractivity contribution in [3.05, 3.63) is 103 Å². The molecule has 0 atom stereocenters. The summed E-state index contributed by atoms with van der Waals surface area (Å²) < 4.78 is 7.27. The van der Waals surface area contributed by atoms with Crippen LogP contribution in [-0.2, 0) is 11.2 Å². The summed E-state index contributed by atoms with van der Waals surface area (Å²) in [5, 5.41) is 7.99. The van der Waals surface area contributed by atoms with Crippen molar-refractivity contribution in [2.75, 3.05) is 5.32 Å². The third-order valence-corrected chi connectivity index (χ3v) is 5.93. The second-order valence-electron chi connectivity index (χ2n) is 8.55. The molecule has 4 aromatic heterocycles. The molecule has 6 aromatic rings. The maximum atomic E-state index is 12.6. The fourth-order valence-electron chi connectivity index (χ4n) is 4.18. The quantitative estimate of drug-likeness (QED) is 0.329. The number of hydrogen-bond acceptors (Lipinski definition) is 5. The van der Waals surface area contributed by atoms with Gasteiger partial charge in [0.2, 0.25) is 5.91 Å². The number of amides is 1. The minimum Gasteiger partial charge on any atom is -0.360 e. The third kappa shape index (κ3) is 4.27. The summed E-state index contributed by atoms with van der Waals surface area (Å²) in [5.74, 6) is 1.16. The van der Waals surface area contributed by atoms with Crippen molar-refractivity contribution in [3.8, 4) is 28.3 Å². The van der Waals surface area contributed by atoms with Gasteiger partial charge in [-0.25, -0.2) is 9.97 Å². The predicted molar refractivity (Wildman–Crippen MR) is 138 cm³/mol. The number of H-pyrrole nitrogens is 1. The van der Waals surface area contributed by atoms with Crippen molar-refractivity contribution in [1.29, 1.82) is 0 Å². The number of aryl methyl sites for hydroxylation is 1. The SMILES string of the molecule is Cc1cn(-c2nccc3[nH]c(-c4ccc(NC(=O)Cc5cc(-c6ccccc6)no5)cc4)cc23)cn1. The first-order valence-corrected chi connectivity index (χ1v) is 11.5. The fourth-order valence-corrected chi connectivity index (χ4v) is 4.18. The van der Waals surface area contributed by atoms with E-state index in [0.29, 0.717) is 17.1 Å². The molecule has 2 aromatic carbocycles. The number of fused-ring (bicyclic) bond motifs is 1. The van der Waals surface area contributed by atoms with Crippen molar-refractivity contribution in [1.82, 2.24) is 24.7 Å². The van der Waals surface area contributed by atoms with E-state index >= 15 is 0 Å². The van der Waals surface area contributed by atoms with Crippen molar-refractivity contribution < 1.29 is 9.32 Å². The van der Waals surface area contributed by atoms with Crippen LogP contribution in [0, 0.1) is 6.92 Å². The maximum Gasteiger partial charge on any atom is 0.232 e. The molecule has 6 rings (SSSR count). The first-order chi connectivity index (χ1) is 17.6. The molecule has 8 nitrogen and oxygen atoms in total. The fraction of sp³-hybridized carbons (Fsp3) is 0.0714. The molecule has 36 heavy (non-hydrogen) atoms. The van der Waals surface area contributed by atoms with Gasteiger partial charge in [-0.05, 0) is 36.8 Å². The number of carbonyl (C=O) groups excluding carboxylic acids is 1. The molecule has 1 amide bonds. The number of aromatic nitrogens is 5. The van der Waals surface area contributed by atoms with Crippen molar-refractivity contribution in [2.45, 2.75) is 13.3 Å². The zero-order valence-corrected chi connectivity index (χ0v) is 19.5. The highest BCUT2D eigenvalue weighted by Crippen LogP contribution is 2.28. The van der Waals surface area contributed by atoms with Crippen LogP contribution in [0.5, 0.6) is 0 Å². The third-order valence-electron chi connectivity index (χ3n) is 5.93. The van der Waals surface area contributed by atoms with Gasteiger partial charge in [-0.2, -0.15) is 0 Å². The summed E-state index contributed by atoms with van der Waals surface area (Å²) in [6, 6.07) is 23.2. The lowest BCUT2D eigenvalue weighted by Gasteiger charge is -2.05. The Hall–Kier alpha value is -4.98. The van der Waals surface area contributed by atoms with Gasteiger partial charge in [0.25, 0.3) is 0 Å². The largest absolute Gasteiger partial charge is 0.360 e. The molecule has 2 N–H and O–H groups in total. The molecular weight excluding hydrogens is 452 g/mol. The van der Waals surface area contributed by atoms with Gasteiger partial charge in [0.05, 0.1) is 17.6 Å². The summed E-state index contributed by atoms with van der Waals surface area (Å²) >= 11 is 0. The highest BCUT2D eigenvalue weighted by molar-refractivity contribution is 5.93. The number of rotatable bonds is 6. The van der Waals surface area contributed by atoms with Crippen LogP contribution in [0.25, 0.3) is 39.2 Å². The normalized spacial score (nSPS) is 11.1. The van der Waals surface area contributed by atoms with E-state index in [1.807, 2.05) is 78.4 Å². The number of imidazole rings is 1. The Morgan fingerprint density at radius 2 is 1.83 bits per heavy atom. The van der Waals surface area contributed by atoms with Crippen molar-refractivity contribution in [2.24, 2.45) is 0 Å². The van der Waals surface area contributed by atoms with Gasteiger partial charge in [-0.1, -0.05) is 47.6 Å². The summed E-state index contributed by atoms with van der Waals surface area (Å²) in [5.41, 5.74) is 6.25. The number of benzene rings is 2.